The number of hydrogen-bond donors (Lipinski definition) is 1. The van der Waals surface area contributed by atoms with Gasteiger partial charge in [0.25, 0.3) is 0 Å². The van der Waals surface area contributed by atoms with E-state index in [1.807, 2.05) is 6.07 Å². The van der Waals surface area contributed by atoms with E-state index in [1.54, 1.807) is 12.1 Å². The minimum atomic E-state index is -0.471. The Morgan fingerprint density at radius 3 is 2.60 bits per heavy atom. The molecule has 1 aliphatic rings. The Kier molecular flexibility index (Phi) is 5.39. The van der Waals surface area contributed by atoms with Gasteiger partial charge in [0.1, 0.15) is 0 Å². The number of halogens is 1. The molecular weight excluding hydrogens is 338 g/mol. The van der Waals surface area contributed by atoms with Crippen molar-refractivity contribution in [3.8, 4) is 0 Å². The second-order valence-corrected chi connectivity index (χ2v) is 6.63. The first-order valence-corrected chi connectivity index (χ1v) is 8.73. The molecule has 1 aliphatic carbocycles. The molecule has 0 fully saturated rings. The lowest BCUT2D eigenvalue weighted by molar-refractivity contribution is -0.115. The maximum Gasteiger partial charge on any atom is 0.337 e. The summed E-state index contributed by atoms with van der Waals surface area (Å²) in [5.74, 6) is -0.637. The summed E-state index contributed by atoms with van der Waals surface area (Å²) in [7, 11) is 1.31. The maximum atomic E-state index is 12.4. The van der Waals surface area contributed by atoms with Crippen LogP contribution in [0.2, 0.25) is 5.02 Å². The van der Waals surface area contributed by atoms with Gasteiger partial charge >= 0.3 is 5.97 Å². The number of benzene rings is 2. The highest BCUT2D eigenvalue weighted by atomic mass is 35.5. The summed E-state index contributed by atoms with van der Waals surface area (Å²) in [6.07, 6.45) is 4.92. The third-order valence-electron chi connectivity index (χ3n) is 4.44. The molecule has 0 bridgehead atoms. The van der Waals surface area contributed by atoms with Crippen LogP contribution in [0.4, 0.5) is 5.69 Å². The van der Waals surface area contributed by atoms with E-state index in [9.17, 15) is 9.59 Å². The molecule has 25 heavy (non-hydrogen) atoms. The molecule has 2 aromatic rings. The molecule has 0 unspecified atom stereocenters. The van der Waals surface area contributed by atoms with Crippen LogP contribution in [0.5, 0.6) is 0 Å². The standard InChI is InChI=1S/C20H20ClNO3/c1-25-20(24)16-8-9-17(21)18(12-16)22-19(23)11-13-6-7-14-4-2-3-5-15(14)10-13/h6-10,12H,2-5,11H2,1H3,(H,22,23). The number of hydrogen-bond acceptors (Lipinski definition) is 3. The predicted molar refractivity (Wildman–Crippen MR) is 98.2 cm³/mol. The van der Waals surface area contributed by atoms with E-state index in [0.29, 0.717) is 16.3 Å². The van der Waals surface area contributed by atoms with Crippen molar-refractivity contribution in [3.63, 3.8) is 0 Å². The highest BCUT2D eigenvalue weighted by Gasteiger charge is 2.13. The Hall–Kier alpha value is -2.33. The van der Waals surface area contributed by atoms with Crippen molar-refractivity contribution in [3.05, 3.63) is 63.7 Å². The molecule has 0 saturated heterocycles. The average molecular weight is 358 g/mol. The van der Waals surface area contributed by atoms with Crippen LogP contribution in [0.1, 0.15) is 39.9 Å². The molecule has 0 aliphatic heterocycles. The molecule has 2 aromatic carbocycles. The molecule has 0 atom stereocenters. The number of esters is 1. The van der Waals surface area contributed by atoms with Crippen molar-refractivity contribution in [2.75, 3.05) is 12.4 Å². The van der Waals surface area contributed by atoms with Gasteiger partial charge in [0.15, 0.2) is 0 Å². The number of carbonyl (C=O) groups excluding carboxylic acids is 2. The van der Waals surface area contributed by atoms with Crippen molar-refractivity contribution in [2.45, 2.75) is 32.1 Å². The zero-order valence-electron chi connectivity index (χ0n) is 14.1. The molecule has 1 N–H and O–H groups in total. The Labute approximate surface area is 152 Å². The lowest BCUT2D eigenvalue weighted by Crippen LogP contribution is -2.16. The molecule has 0 aromatic heterocycles. The van der Waals surface area contributed by atoms with E-state index >= 15 is 0 Å². The van der Waals surface area contributed by atoms with E-state index in [4.69, 9.17) is 11.6 Å². The van der Waals surface area contributed by atoms with Gasteiger partial charge in [-0.1, -0.05) is 29.8 Å². The summed E-state index contributed by atoms with van der Waals surface area (Å²) in [5, 5.41) is 3.16. The van der Waals surface area contributed by atoms with Gasteiger partial charge in [-0.25, -0.2) is 4.79 Å². The lowest BCUT2D eigenvalue weighted by Gasteiger charge is -2.16. The SMILES string of the molecule is COC(=O)c1ccc(Cl)c(NC(=O)Cc2ccc3c(c2)CCCC3)c1. The number of rotatable bonds is 4. The van der Waals surface area contributed by atoms with Gasteiger partial charge in [-0.2, -0.15) is 0 Å². The van der Waals surface area contributed by atoms with Crippen LogP contribution in [-0.4, -0.2) is 19.0 Å². The monoisotopic (exact) mass is 357 g/mol. The normalized spacial score (nSPS) is 13.0. The fraction of sp³-hybridized carbons (Fsp3) is 0.300. The average Bonchev–Trinajstić information content (AvgIpc) is 2.62. The number of nitrogens with one attached hydrogen (secondary N) is 1. The van der Waals surface area contributed by atoms with Gasteiger partial charge in [-0.3, -0.25) is 4.79 Å². The first-order valence-electron chi connectivity index (χ1n) is 8.35. The van der Waals surface area contributed by atoms with Crippen molar-refractivity contribution in [2.24, 2.45) is 0 Å². The Morgan fingerprint density at radius 1 is 1.08 bits per heavy atom. The summed E-state index contributed by atoms with van der Waals surface area (Å²) in [5.41, 5.74) is 4.48. The van der Waals surface area contributed by atoms with Gasteiger partial charge in [-0.15, -0.1) is 0 Å². The summed E-state index contributed by atoms with van der Waals surface area (Å²) in [4.78, 5) is 24.0. The van der Waals surface area contributed by atoms with E-state index in [1.165, 1.54) is 37.1 Å². The van der Waals surface area contributed by atoms with Crippen LogP contribution < -0.4 is 5.32 Å². The van der Waals surface area contributed by atoms with E-state index in [2.05, 4.69) is 22.2 Å². The lowest BCUT2D eigenvalue weighted by atomic mass is 9.90. The molecule has 0 radical (unpaired) electrons. The minimum Gasteiger partial charge on any atom is -0.465 e. The van der Waals surface area contributed by atoms with Crippen LogP contribution in [0, 0.1) is 0 Å². The Balaban J connectivity index is 1.71. The highest BCUT2D eigenvalue weighted by molar-refractivity contribution is 6.33. The van der Waals surface area contributed by atoms with E-state index < -0.39 is 5.97 Å². The number of anilines is 1. The fourth-order valence-electron chi connectivity index (χ4n) is 3.14. The molecular formula is C20H20ClNO3. The van der Waals surface area contributed by atoms with E-state index in [-0.39, 0.29) is 12.3 Å². The quantitative estimate of drug-likeness (QED) is 0.835. The smallest absolute Gasteiger partial charge is 0.337 e. The molecule has 0 spiro atoms. The van der Waals surface area contributed by atoms with Crippen molar-refractivity contribution < 1.29 is 14.3 Å². The number of carbonyl (C=O) groups is 2. The number of methoxy groups -OCH3 is 1. The molecule has 5 heteroatoms. The minimum absolute atomic E-state index is 0.167. The molecule has 0 saturated carbocycles. The Bertz CT molecular complexity index is 817. The van der Waals surface area contributed by atoms with Crippen LogP contribution in [0.15, 0.2) is 36.4 Å². The van der Waals surface area contributed by atoms with Crippen LogP contribution in [0.25, 0.3) is 0 Å². The fourth-order valence-corrected chi connectivity index (χ4v) is 3.31. The topological polar surface area (TPSA) is 55.4 Å². The molecule has 130 valence electrons. The predicted octanol–water partition coefficient (Wildman–Crippen LogP) is 4.19. The van der Waals surface area contributed by atoms with Crippen molar-refractivity contribution in [1.29, 1.82) is 0 Å². The third kappa shape index (κ3) is 4.20. The first-order chi connectivity index (χ1) is 12.1. The molecule has 0 heterocycles. The first kappa shape index (κ1) is 17.5. The van der Waals surface area contributed by atoms with E-state index in [0.717, 1.165) is 18.4 Å². The van der Waals surface area contributed by atoms with Crippen LogP contribution in [-0.2, 0) is 28.8 Å². The third-order valence-corrected chi connectivity index (χ3v) is 4.77. The second-order valence-electron chi connectivity index (χ2n) is 6.22. The summed E-state index contributed by atoms with van der Waals surface area (Å²) in [6.45, 7) is 0. The summed E-state index contributed by atoms with van der Waals surface area (Å²) in [6, 6.07) is 10.9. The number of fused-ring (bicyclic) bond motifs is 1. The zero-order valence-corrected chi connectivity index (χ0v) is 14.9. The zero-order chi connectivity index (χ0) is 17.8. The van der Waals surface area contributed by atoms with Gasteiger partial charge in [0.05, 0.1) is 29.8 Å². The van der Waals surface area contributed by atoms with Crippen molar-refractivity contribution >= 4 is 29.2 Å². The molecule has 4 nitrogen and oxygen atoms in total. The maximum absolute atomic E-state index is 12.4. The molecule has 1 amide bonds. The number of ether oxygens (including phenoxy) is 1. The molecule has 3 rings (SSSR count). The highest BCUT2D eigenvalue weighted by Crippen LogP contribution is 2.25. The van der Waals surface area contributed by atoms with Crippen LogP contribution in [0.3, 0.4) is 0 Å². The van der Waals surface area contributed by atoms with Gasteiger partial charge in [0, 0.05) is 0 Å². The Morgan fingerprint density at radius 2 is 1.84 bits per heavy atom. The second kappa shape index (κ2) is 7.70. The van der Waals surface area contributed by atoms with Crippen LogP contribution >= 0.6 is 11.6 Å². The largest absolute Gasteiger partial charge is 0.465 e. The number of amides is 1. The summed E-state index contributed by atoms with van der Waals surface area (Å²) < 4.78 is 4.69. The van der Waals surface area contributed by atoms with Crippen molar-refractivity contribution in [1.82, 2.24) is 0 Å². The summed E-state index contributed by atoms with van der Waals surface area (Å²) >= 11 is 6.12. The van der Waals surface area contributed by atoms with Gasteiger partial charge in [-0.05, 0) is 60.6 Å². The van der Waals surface area contributed by atoms with Gasteiger partial charge in [0.2, 0.25) is 5.91 Å². The van der Waals surface area contributed by atoms with Gasteiger partial charge < -0.3 is 10.1 Å². The number of aryl methyl sites for hydroxylation is 2.